The lowest BCUT2D eigenvalue weighted by molar-refractivity contribution is -0.121. The van der Waals surface area contributed by atoms with E-state index < -0.39 is 0 Å². The molecule has 6 rings (SSSR count). The van der Waals surface area contributed by atoms with E-state index in [0.29, 0.717) is 29.4 Å². The first-order valence-corrected chi connectivity index (χ1v) is 12.8. The molecule has 0 aromatic carbocycles. The van der Waals surface area contributed by atoms with E-state index in [9.17, 15) is 9.59 Å². The van der Waals surface area contributed by atoms with E-state index in [2.05, 4.69) is 33.8 Å². The van der Waals surface area contributed by atoms with Crippen LogP contribution in [-0.4, -0.2) is 43.0 Å². The minimum absolute atomic E-state index is 0.0272. The van der Waals surface area contributed by atoms with Crippen LogP contribution in [0.2, 0.25) is 0 Å². The molecule has 8 nitrogen and oxygen atoms in total. The van der Waals surface area contributed by atoms with Gasteiger partial charge in [-0.2, -0.15) is 10.2 Å². The maximum Gasteiger partial charge on any atom is 0.257 e. The SMILES string of the molecule is CC(=O)N[C@@]12CC(C)C=C3C(C1)C(C2)[C@H]3NC(=O)c1cnn(C2CCCCC2)c1-n1cccn1. The van der Waals surface area contributed by atoms with Gasteiger partial charge in [0.25, 0.3) is 5.91 Å². The van der Waals surface area contributed by atoms with Crippen molar-refractivity contribution in [1.82, 2.24) is 30.2 Å². The summed E-state index contributed by atoms with van der Waals surface area (Å²) < 4.78 is 3.80. The Labute approximate surface area is 200 Å². The largest absolute Gasteiger partial charge is 0.351 e. The van der Waals surface area contributed by atoms with Gasteiger partial charge in [-0.15, -0.1) is 0 Å². The van der Waals surface area contributed by atoms with E-state index >= 15 is 0 Å². The minimum Gasteiger partial charge on any atom is -0.351 e. The molecule has 3 fully saturated rings. The van der Waals surface area contributed by atoms with Crippen LogP contribution in [-0.2, 0) is 4.79 Å². The van der Waals surface area contributed by atoms with Gasteiger partial charge in [0.2, 0.25) is 5.91 Å². The lowest BCUT2D eigenvalue weighted by Gasteiger charge is -2.45. The summed E-state index contributed by atoms with van der Waals surface area (Å²) >= 11 is 0. The second-order valence-electron chi connectivity index (χ2n) is 11.0. The topological polar surface area (TPSA) is 93.8 Å². The highest BCUT2D eigenvalue weighted by Gasteiger charge is 2.59. The summed E-state index contributed by atoms with van der Waals surface area (Å²) in [7, 11) is 0. The molecule has 2 bridgehead atoms. The Morgan fingerprint density at radius 3 is 2.68 bits per heavy atom. The number of allylic oxidation sites excluding steroid dienone is 1. The fourth-order valence-corrected chi connectivity index (χ4v) is 7.39. The average Bonchev–Trinajstić information content (AvgIpc) is 3.52. The Balaban J connectivity index is 1.28. The third-order valence-electron chi connectivity index (χ3n) is 8.54. The molecule has 180 valence electrons. The fraction of sp³-hybridized carbons (Fsp3) is 0.615. The average molecular weight is 463 g/mol. The molecular formula is C26H34N6O2. The third kappa shape index (κ3) is 3.49. The summed E-state index contributed by atoms with van der Waals surface area (Å²) in [6, 6.07) is 2.21. The van der Waals surface area contributed by atoms with Crippen LogP contribution in [0.5, 0.6) is 0 Å². The summed E-state index contributed by atoms with van der Waals surface area (Å²) in [4.78, 5) is 25.6. The van der Waals surface area contributed by atoms with Gasteiger partial charge in [-0.25, -0.2) is 9.36 Å². The number of aromatic nitrogens is 4. The van der Waals surface area contributed by atoms with Crippen molar-refractivity contribution in [2.75, 3.05) is 0 Å². The highest BCUT2D eigenvalue weighted by Crippen LogP contribution is 2.58. The third-order valence-corrected chi connectivity index (χ3v) is 8.54. The molecule has 2 amide bonds. The first-order valence-electron chi connectivity index (χ1n) is 12.8. The van der Waals surface area contributed by atoms with Gasteiger partial charge in [0.1, 0.15) is 5.56 Å². The highest BCUT2D eigenvalue weighted by atomic mass is 16.2. The first kappa shape index (κ1) is 21.6. The number of amides is 2. The molecule has 0 aliphatic heterocycles. The number of carbonyl (C=O) groups excluding carboxylic acids is 2. The molecule has 0 saturated heterocycles. The summed E-state index contributed by atoms with van der Waals surface area (Å²) in [6.45, 7) is 3.83. The number of hydrogen-bond donors (Lipinski definition) is 2. The minimum atomic E-state index is -0.148. The zero-order valence-electron chi connectivity index (χ0n) is 20.0. The number of nitrogens with zero attached hydrogens (tertiary/aromatic N) is 4. The Morgan fingerprint density at radius 2 is 1.94 bits per heavy atom. The summed E-state index contributed by atoms with van der Waals surface area (Å²) in [5.41, 5.74) is 1.77. The van der Waals surface area contributed by atoms with Crippen molar-refractivity contribution >= 4 is 11.8 Å². The Morgan fingerprint density at radius 1 is 1.12 bits per heavy atom. The predicted molar refractivity (Wildman–Crippen MR) is 127 cm³/mol. The van der Waals surface area contributed by atoms with Gasteiger partial charge in [-0.05, 0) is 61.5 Å². The standard InChI is InChI=1S/C26H34N6O2/c1-16-11-19-20-13-26(12-16,30-17(2)33)14-21(20)23(19)29-24(34)22-15-28-32(18-7-4-3-5-8-18)25(22)31-10-6-9-27-31/h6,9-11,15-16,18,20-21,23H,3-5,7-8,12-14H2,1-2H3,(H,29,34)(H,30,33)/t16?,20?,21?,23-,26-/m0/s1. The normalized spacial score (nSPS) is 32.5. The van der Waals surface area contributed by atoms with Crippen LogP contribution in [0.15, 0.2) is 36.3 Å². The maximum atomic E-state index is 13.6. The number of hydrogen-bond acceptors (Lipinski definition) is 4. The quantitative estimate of drug-likeness (QED) is 0.665. The van der Waals surface area contributed by atoms with Crippen molar-refractivity contribution < 1.29 is 9.59 Å². The number of nitrogens with one attached hydrogen (secondary N) is 2. The van der Waals surface area contributed by atoms with Crippen LogP contribution in [0.4, 0.5) is 0 Å². The van der Waals surface area contributed by atoms with E-state index in [1.807, 2.05) is 16.9 Å². The van der Waals surface area contributed by atoms with Gasteiger partial charge in [0, 0.05) is 24.9 Å². The second-order valence-corrected chi connectivity index (χ2v) is 11.0. The lowest BCUT2D eigenvalue weighted by atomic mass is 9.65. The van der Waals surface area contributed by atoms with Crippen LogP contribution in [0.3, 0.4) is 0 Å². The van der Waals surface area contributed by atoms with E-state index in [0.717, 1.165) is 37.9 Å². The molecule has 34 heavy (non-hydrogen) atoms. The molecule has 0 spiro atoms. The molecular weight excluding hydrogens is 428 g/mol. The maximum absolute atomic E-state index is 13.6. The van der Waals surface area contributed by atoms with E-state index in [1.165, 1.54) is 24.8 Å². The van der Waals surface area contributed by atoms with Gasteiger partial charge < -0.3 is 10.6 Å². The zero-order valence-corrected chi connectivity index (χ0v) is 20.0. The summed E-state index contributed by atoms with van der Waals surface area (Å²) in [6.07, 6.45) is 16.4. The molecule has 8 heteroatoms. The molecule has 2 heterocycles. The van der Waals surface area contributed by atoms with Crippen LogP contribution in [0.1, 0.15) is 81.6 Å². The second kappa shape index (κ2) is 8.10. The Bertz CT molecular complexity index is 1130. The van der Waals surface area contributed by atoms with Crippen LogP contribution >= 0.6 is 0 Å². The number of fused-ring (bicyclic) bond motifs is 1. The summed E-state index contributed by atoms with van der Waals surface area (Å²) in [5, 5.41) is 15.8. The van der Waals surface area contributed by atoms with Crippen molar-refractivity contribution in [3.05, 3.63) is 41.9 Å². The zero-order chi connectivity index (χ0) is 23.4. The van der Waals surface area contributed by atoms with Crippen LogP contribution < -0.4 is 10.6 Å². The van der Waals surface area contributed by atoms with E-state index in [1.54, 1.807) is 24.0 Å². The smallest absolute Gasteiger partial charge is 0.257 e. The predicted octanol–water partition coefficient (Wildman–Crippen LogP) is 3.55. The number of carbonyl (C=O) groups is 2. The van der Waals surface area contributed by atoms with Gasteiger partial charge in [0.15, 0.2) is 5.82 Å². The van der Waals surface area contributed by atoms with Crippen molar-refractivity contribution in [1.29, 1.82) is 0 Å². The number of rotatable bonds is 5. The van der Waals surface area contributed by atoms with Gasteiger partial charge in [0.05, 0.1) is 18.3 Å². The van der Waals surface area contributed by atoms with Crippen molar-refractivity contribution in [3.8, 4) is 5.82 Å². The first-order chi connectivity index (χ1) is 16.4. The molecule has 3 saturated carbocycles. The monoisotopic (exact) mass is 462 g/mol. The molecule has 4 aliphatic carbocycles. The van der Waals surface area contributed by atoms with Crippen molar-refractivity contribution in [2.24, 2.45) is 17.8 Å². The lowest BCUT2D eigenvalue weighted by Crippen LogP contribution is -2.53. The van der Waals surface area contributed by atoms with Crippen LogP contribution in [0.25, 0.3) is 5.82 Å². The van der Waals surface area contributed by atoms with Crippen LogP contribution in [0, 0.1) is 17.8 Å². The van der Waals surface area contributed by atoms with Crippen molar-refractivity contribution in [3.63, 3.8) is 0 Å². The Hall–Kier alpha value is -2.90. The fourth-order valence-electron chi connectivity index (χ4n) is 7.39. The van der Waals surface area contributed by atoms with Crippen molar-refractivity contribution in [2.45, 2.75) is 82.8 Å². The summed E-state index contributed by atoms with van der Waals surface area (Å²) in [5.74, 6) is 1.91. The molecule has 2 aromatic heterocycles. The molecule has 0 radical (unpaired) electrons. The van der Waals surface area contributed by atoms with E-state index in [4.69, 9.17) is 0 Å². The molecule has 3 unspecified atom stereocenters. The molecule has 2 N–H and O–H groups in total. The molecule has 4 aliphatic rings. The van der Waals surface area contributed by atoms with Gasteiger partial charge in [-0.3, -0.25) is 9.59 Å². The van der Waals surface area contributed by atoms with Gasteiger partial charge >= 0.3 is 0 Å². The van der Waals surface area contributed by atoms with E-state index in [-0.39, 0.29) is 23.4 Å². The molecule has 2 aromatic rings. The molecule has 5 atom stereocenters. The Kier molecular flexibility index (Phi) is 5.15. The highest BCUT2D eigenvalue weighted by molar-refractivity contribution is 5.97. The van der Waals surface area contributed by atoms with Gasteiger partial charge in [-0.1, -0.05) is 32.3 Å².